The van der Waals surface area contributed by atoms with Crippen LogP contribution in [0.1, 0.15) is 27.7 Å². The maximum absolute atomic E-state index is 2.29. The molecule has 0 aliphatic carbocycles. The summed E-state index contributed by atoms with van der Waals surface area (Å²) in [5.74, 6) is 0.899. The molecule has 0 aromatic rings. The predicted octanol–water partition coefficient (Wildman–Crippen LogP) is 2.59. The van der Waals surface area contributed by atoms with Crippen molar-refractivity contribution >= 4 is 9.52 Å². The third-order valence-corrected chi connectivity index (χ3v) is 2.80. The summed E-state index contributed by atoms with van der Waals surface area (Å²) in [6.45, 7) is 9.16. The van der Waals surface area contributed by atoms with E-state index in [1.165, 1.54) is 15.6 Å². The molecule has 0 amide bonds. The van der Waals surface area contributed by atoms with Crippen molar-refractivity contribution in [1.82, 2.24) is 0 Å². The fourth-order valence-corrected chi connectivity index (χ4v) is 1.41. The van der Waals surface area contributed by atoms with Crippen LogP contribution in [0.25, 0.3) is 0 Å². The van der Waals surface area contributed by atoms with Crippen LogP contribution in [0.15, 0.2) is 0 Å². The second-order valence-corrected chi connectivity index (χ2v) is 4.93. The average molecular weight is 128 g/mol. The first-order chi connectivity index (χ1) is 3.63. The molecule has 0 bridgehead atoms. The molecule has 0 aromatic carbocycles. The zero-order valence-corrected chi connectivity index (χ0v) is 7.36. The molecule has 8 heavy (non-hydrogen) atoms. The average Bonchev–Trinajstić information content (AvgIpc) is 1.61. The van der Waals surface area contributed by atoms with Gasteiger partial charge in [-0.1, -0.05) is 39.3 Å². The number of rotatable bonds is 3. The summed E-state index contributed by atoms with van der Waals surface area (Å²) in [5.41, 5.74) is 0.914. The summed E-state index contributed by atoms with van der Waals surface area (Å²) in [5, 5.41) is 0. The van der Waals surface area contributed by atoms with Gasteiger partial charge in [-0.15, -0.1) is 0 Å². The lowest BCUT2D eigenvalue weighted by Gasteiger charge is -2.04. The van der Waals surface area contributed by atoms with Gasteiger partial charge in [0.05, 0.1) is 0 Å². The van der Waals surface area contributed by atoms with Crippen LogP contribution in [0.2, 0.25) is 11.6 Å². The van der Waals surface area contributed by atoms with Crippen molar-refractivity contribution in [2.24, 2.45) is 5.92 Å². The molecule has 0 N–H and O–H groups in total. The van der Waals surface area contributed by atoms with Crippen molar-refractivity contribution in [3.63, 3.8) is 0 Å². The molecule has 0 spiro atoms. The first-order valence-corrected chi connectivity index (χ1v) is 4.64. The standard InChI is InChI=1S/C7H16Si/c1-6(2)5-8-7(3)4/h6-7H,5H2,1-4H3. The van der Waals surface area contributed by atoms with Gasteiger partial charge in [0.25, 0.3) is 0 Å². The minimum atomic E-state index is 0.899. The van der Waals surface area contributed by atoms with Gasteiger partial charge in [0, 0.05) is 9.52 Å². The summed E-state index contributed by atoms with van der Waals surface area (Å²) in [6.07, 6.45) is 0. The van der Waals surface area contributed by atoms with Crippen LogP contribution in [0.5, 0.6) is 0 Å². The zero-order chi connectivity index (χ0) is 6.57. The Morgan fingerprint density at radius 1 is 1.12 bits per heavy atom. The second kappa shape index (κ2) is 4.13. The lowest BCUT2D eigenvalue weighted by molar-refractivity contribution is 0.725. The van der Waals surface area contributed by atoms with Gasteiger partial charge >= 0.3 is 0 Å². The minimum Gasteiger partial charge on any atom is -0.0656 e. The molecule has 1 heteroatoms. The largest absolute Gasteiger partial charge is 0.0656 e. The molecule has 2 radical (unpaired) electrons. The van der Waals surface area contributed by atoms with Crippen molar-refractivity contribution in [1.29, 1.82) is 0 Å². The molecule has 0 nitrogen and oxygen atoms in total. The highest BCUT2D eigenvalue weighted by Gasteiger charge is 1.97. The Morgan fingerprint density at radius 2 is 1.62 bits per heavy atom. The van der Waals surface area contributed by atoms with Crippen molar-refractivity contribution in [3.05, 3.63) is 0 Å². The highest BCUT2D eigenvalue weighted by molar-refractivity contribution is 6.37. The quantitative estimate of drug-likeness (QED) is 0.512. The topological polar surface area (TPSA) is 0 Å². The first kappa shape index (κ1) is 8.22. The zero-order valence-electron chi connectivity index (χ0n) is 6.36. The third-order valence-electron chi connectivity index (χ3n) is 0.934. The Labute approximate surface area is 55.5 Å². The van der Waals surface area contributed by atoms with Gasteiger partial charge in [-0.2, -0.15) is 0 Å². The van der Waals surface area contributed by atoms with E-state index in [9.17, 15) is 0 Å². The predicted molar refractivity (Wildman–Crippen MR) is 40.5 cm³/mol. The lowest BCUT2D eigenvalue weighted by Crippen LogP contribution is -1.98. The van der Waals surface area contributed by atoms with Crippen LogP contribution < -0.4 is 0 Å². The lowest BCUT2D eigenvalue weighted by atomic mass is 10.3. The smallest absolute Gasteiger partial charge is 0.0410 e. The Balaban J connectivity index is 2.93. The monoisotopic (exact) mass is 128 g/mol. The summed E-state index contributed by atoms with van der Waals surface area (Å²) < 4.78 is 0. The minimum absolute atomic E-state index is 0.899. The van der Waals surface area contributed by atoms with Crippen molar-refractivity contribution in [3.8, 4) is 0 Å². The molecular weight excluding hydrogens is 112 g/mol. The van der Waals surface area contributed by atoms with E-state index >= 15 is 0 Å². The van der Waals surface area contributed by atoms with E-state index in [1.807, 2.05) is 0 Å². The fraction of sp³-hybridized carbons (Fsp3) is 1.00. The Morgan fingerprint density at radius 3 is 1.75 bits per heavy atom. The SMILES string of the molecule is CC(C)C[Si]C(C)C. The molecule has 0 fully saturated rings. The summed E-state index contributed by atoms with van der Waals surface area (Å²) in [7, 11) is 1.17. The van der Waals surface area contributed by atoms with Gasteiger partial charge in [0.15, 0.2) is 0 Å². The van der Waals surface area contributed by atoms with E-state index in [4.69, 9.17) is 0 Å². The number of hydrogen-bond donors (Lipinski definition) is 0. The molecule has 0 saturated carbocycles. The van der Waals surface area contributed by atoms with E-state index in [1.54, 1.807) is 0 Å². The van der Waals surface area contributed by atoms with Crippen LogP contribution >= 0.6 is 0 Å². The molecule has 0 aliphatic rings. The molecule has 0 aromatic heterocycles. The highest BCUT2D eigenvalue weighted by Crippen LogP contribution is 2.06. The Kier molecular flexibility index (Phi) is 4.24. The van der Waals surface area contributed by atoms with E-state index in [2.05, 4.69) is 27.7 Å². The molecule has 0 aliphatic heterocycles. The second-order valence-electron chi connectivity index (χ2n) is 2.96. The van der Waals surface area contributed by atoms with E-state index in [0.717, 1.165) is 11.5 Å². The van der Waals surface area contributed by atoms with Gasteiger partial charge in [0.2, 0.25) is 0 Å². The maximum atomic E-state index is 2.29. The Hall–Kier alpha value is 0.217. The van der Waals surface area contributed by atoms with E-state index < -0.39 is 0 Å². The summed E-state index contributed by atoms with van der Waals surface area (Å²) >= 11 is 0. The molecule has 0 rings (SSSR count). The maximum Gasteiger partial charge on any atom is 0.0410 e. The van der Waals surface area contributed by atoms with Gasteiger partial charge < -0.3 is 0 Å². The van der Waals surface area contributed by atoms with E-state index in [-0.39, 0.29) is 0 Å². The van der Waals surface area contributed by atoms with Gasteiger partial charge in [-0.25, -0.2) is 0 Å². The van der Waals surface area contributed by atoms with Crippen LogP contribution in [0.4, 0.5) is 0 Å². The van der Waals surface area contributed by atoms with Gasteiger partial charge in [0.1, 0.15) is 0 Å². The van der Waals surface area contributed by atoms with Crippen LogP contribution in [0.3, 0.4) is 0 Å². The normalized spacial score (nSPS) is 11.2. The van der Waals surface area contributed by atoms with Crippen molar-refractivity contribution < 1.29 is 0 Å². The van der Waals surface area contributed by atoms with E-state index in [0.29, 0.717) is 0 Å². The number of hydrogen-bond acceptors (Lipinski definition) is 0. The summed E-state index contributed by atoms with van der Waals surface area (Å²) in [4.78, 5) is 0. The molecule has 48 valence electrons. The van der Waals surface area contributed by atoms with Crippen molar-refractivity contribution in [2.45, 2.75) is 39.3 Å². The molecule has 0 unspecified atom stereocenters. The third kappa shape index (κ3) is 6.22. The van der Waals surface area contributed by atoms with Crippen molar-refractivity contribution in [2.75, 3.05) is 0 Å². The highest BCUT2D eigenvalue weighted by atomic mass is 28.2. The van der Waals surface area contributed by atoms with Crippen LogP contribution in [-0.2, 0) is 0 Å². The molecule has 0 atom stereocenters. The first-order valence-electron chi connectivity index (χ1n) is 3.36. The molecule has 0 saturated heterocycles. The summed E-state index contributed by atoms with van der Waals surface area (Å²) in [6, 6.07) is 1.41. The fourth-order valence-electron chi connectivity index (χ4n) is 0.471. The van der Waals surface area contributed by atoms with Gasteiger partial charge in [-0.3, -0.25) is 0 Å². The molecular formula is C7H16Si. The van der Waals surface area contributed by atoms with Gasteiger partial charge in [-0.05, 0) is 5.92 Å². The Bertz CT molecular complexity index is 40.3. The van der Waals surface area contributed by atoms with Crippen LogP contribution in [-0.4, -0.2) is 9.52 Å². The molecule has 0 heterocycles. The van der Waals surface area contributed by atoms with Crippen LogP contribution in [0, 0.1) is 5.92 Å².